The lowest BCUT2D eigenvalue weighted by atomic mass is 10.0. The van der Waals surface area contributed by atoms with E-state index in [-0.39, 0.29) is 11.7 Å². The Labute approximate surface area is 158 Å². The number of hydrogen-bond donors (Lipinski definition) is 3. The minimum atomic E-state index is 0.0394. The highest BCUT2D eigenvalue weighted by atomic mass is 16.4. The molecule has 4 rings (SSSR count). The quantitative estimate of drug-likeness (QED) is 0.278. The van der Waals surface area contributed by atoms with Gasteiger partial charge < -0.3 is 20.9 Å². The number of aromatic hydroxyl groups is 1. The van der Waals surface area contributed by atoms with Gasteiger partial charge >= 0.3 is 0 Å². The zero-order valence-corrected chi connectivity index (χ0v) is 15.5. The van der Waals surface area contributed by atoms with Crippen LogP contribution in [-0.2, 0) is 0 Å². The summed E-state index contributed by atoms with van der Waals surface area (Å²) in [4.78, 5) is 2.36. The molecule has 27 heavy (non-hydrogen) atoms. The summed E-state index contributed by atoms with van der Waals surface area (Å²) < 4.78 is 1.83. The molecule has 2 atom stereocenters. The number of fused-ring (bicyclic) bond motifs is 1. The lowest BCUT2D eigenvalue weighted by Crippen LogP contribution is -2.37. The standard InChI is InChI=1S/C21H24N4O2/c1-13-7-8-14(2)24(13)20-19(15-9-11-16(26)12-10-15)17-5-3-4-6-18(17)25(20)21(22)23-27/h3-6,9-14,26-27H,7-8H2,1-2H3,(H2,22,23). The predicted molar refractivity (Wildman–Crippen MR) is 108 cm³/mol. The van der Waals surface area contributed by atoms with E-state index >= 15 is 0 Å². The Morgan fingerprint density at radius 3 is 2.30 bits per heavy atom. The first kappa shape index (κ1) is 17.3. The lowest BCUT2D eigenvalue weighted by molar-refractivity contribution is 0.316. The van der Waals surface area contributed by atoms with Crippen molar-refractivity contribution >= 4 is 22.7 Å². The van der Waals surface area contributed by atoms with Gasteiger partial charge in [0, 0.05) is 23.0 Å². The average Bonchev–Trinajstić information content (AvgIpc) is 3.18. The molecule has 0 radical (unpaired) electrons. The van der Waals surface area contributed by atoms with Gasteiger partial charge in [-0.1, -0.05) is 35.5 Å². The topological polar surface area (TPSA) is 87.0 Å². The molecule has 1 aromatic heterocycles. The molecule has 2 aromatic carbocycles. The Hall–Kier alpha value is -3.15. The fourth-order valence-electron chi connectivity index (χ4n) is 4.27. The minimum Gasteiger partial charge on any atom is -0.508 e. The van der Waals surface area contributed by atoms with Crippen molar-refractivity contribution in [3.05, 3.63) is 48.5 Å². The zero-order valence-electron chi connectivity index (χ0n) is 15.5. The third-order valence-corrected chi connectivity index (χ3v) is 5.53. The third kappa shape index (κ3) is 2.68. The van der Waals surface area contributed by atoms with Gasteiger partial charge in [-0.2, -0.15) is 0 Å². The predicted octanol–water partition coefficient (Wildman–Crippen LogP) is 3.94. The van der Waals surface area contributed by atoms with Gasteiger partial charge in [-0.3, -0.25) is 4.57 Å². The SMILES string of the molecule is CC1CCC(C)N1c1c(-c2ccc(O)cc2)c2ccccc2n1/C(N)=N/O. The molecule has 0 saturated carbocycles. The molecule has 2 unspecified atom stereocenters. The third-order valence-electron chi connectivity index (χ3n) is 5.53. The second-order valence-corrected chi connectivity index (χ2v) is 7.24. The van der Waals surface area contributed by atoms with Crippen LogP contribution in [0.5, 0.6) is 5.75 Å². The first-order chi connectivity index (χ1) is 13.0. The zero-order chi connectivity index (χ0) is 19.1. The Morgan fingerprint density at radius 1 is 1.04 bits per heavy atom. The van der Waals surface area contributed by atoms with Crippen LogP contribution in [0, 0.1) is 0 Å². The molecule has 6 nitrogen and oxygen atoms in total. The van der Waals surface area contributed by atoms with Crippen LogP contribution in [0.15, 0.2) is 53.7 Å². The van der Waals surface area contributed by atoms with Crippen molar-refractivity contribution in [1.82, 2.24) is 4.57 Å². The molecular weight excluding hydrogens is 340 g/mol. The van der Waals surface area contributed by atoms with E-state index < -0.39 is 0 Å². The molecular formula is C21H24N4O2. The summed E-state index contributed by atoms with van der Waals surface area (Å²) in [6, 6.07) is 15.8. The highest BCUT2D eigenvalue weighted by molar-refractivity contribution is 6.09. The van der Waals surface area contributed by atoms with Gasteiger partial charge in [-0.05, 0) is 50.5 Å². The van der Waals surface area contributed by atoms with Crippen LogP contribution in [0.3, 0.4) is 0 Å². The van der Waals surface area contributed by atoms with E-state index in [1.165, 1.54) is 0 Å². The summed E-state index contributed by atoms with van der Waals surface area (Å²) in [5.41, 5.74) is 9.02. The van der Waals surface area contributed by atoms with Crippen LogP contribution in [-0.4, -0.2) is 32.9 Å². The summed E-state index contributed by atoms with van der Waals surface area (Å²) in [5, 5.41) is 23.5. The Morgan fingerprint density at radius 2 is 1.67 bits per heavy atom. The van der Waals surface area contributed by atoms with Crippen LogP contribution in [0.2, 0.25) is 0 Å². The van der Waals surface area contributed by atoms with Crippen LogP contribution in [0.1, 0.15) is 26.7 Å². The number of aromatic nitrogens is 1. The maximum atomic E-state index is 9.73. The lowest BCUT2D eigenvalue weighted by Gasteiger charge is -2.31. The summed E-state index contributed by atoms with van der Waals surface area (Å²) in [7, 11) is 0. The first-order valence-corrected chi connectivity index (χ1v) is 9.22. The van der Waals surface area contributed by atoms with E-state index in [1.54, 1.807) is 12.1 Å². The number of benzene rings is 2. The van der Waals surface area contributed by atoms with Crippen LogP contribution in [0.4, 0.5) is 5.82 Å². The number of oxime groups is 1. The van der Waals surface area contributed by atoms with E-state index in [2.05, 4.69) is 23.9 Å². The van der Waals surface area contributed by atoms with Crippen molar-refractivity contribution in [2.75, 3.05) is 4.90 Å². The van der Waals surface area contributed by atoms with Crippen molar-refractivity contribution in [2.24, 2.45) is 10.9 Å². The van der Waals surface area contributed by atoms with E-state index in [0.717, 1.165) is 40.7 Å². The van der Waals surface area contributed by atoms with Crippen LogP contribution >= 0.6 is 0 Å². The summed E-state index contributed by atoms with van der Waals surface area (Å²) in [6.45, 7) is 4.41. The highest BCUT2D eigenvalue weighted by Gasteiger charge is 2.34. The number of hydrogen-bond acceptors (Lipinski definition) is 4. The molecule has 6 heteroatoms. The molecule has 0 spiro atoms. The summed E-state index contributed by atoms with van der Waals surface area (Å²) >= 11 is 0. The number of phenols is 1. The molecule has 2 heterocycles. The fourth-order valence-corrected chi connectivity index (χ4v) is 4.27. The number of anilines is 1. The van der Waals surface area contributed by atoms with Gasteiger partial charge in [0.25, 0.3) is 0 Å². The number of para-hydroxylation sites is 1. The van der Waals surface area contributed by atoms with Gasteiger partial charge in [0.05, 0.1) is 5.52 Å². The average molecular weight is 364 g/mol. The number of rotatable bonds is 2. The van der Waals surface area contributed by atoms with Crippen molar-refractivity contribution < 1.29 is 10.3 Å². The molecule has 1 saturated heterocycles. The maximum Gasteiger partial charge on any atom is 0.243 e. The van der Waals surface area contributed by atoms with Crippen molar-refractivity contribution in [1.29, 1.82) is 0 Å². The molecule has 1 aliphatic rings. The summed E-state index contributed by atoms with van der Waals surface area (Å²) in [6.07, 6.45) is 2.18. The van der Waals surface area contributed by atoms with Crippen molar-refractivity contribution in [3.63, 3.8) is 0 Å². The number of nitrogens with zero attached hydrogens (tertiary/aromatic N) is 3. The monoisotopic (exact) mass is 364 g/mol. The molecule has 0 amide bonds. The fraction of sp³-hybridized carbons (Fsp3) is 0.286. The second kappa shape index (κ2) is 6.54. The van der Waals surface area contributed by atoms with Gasteiger partial charge in [-0.25, -0.2) is 0 Å². The van der Waals surface area contributed by atoms with E-state index in [0.29, 0.717) is 12.1 Å². The van der Waals surface area contributed by atoms with Gasteiger partial charge in [0.2, 0.25) is 5.96 Å². The van der Waals surface area contributed by atoms with E-state index in [9.17, 15) is 10.3 Å². The number of phenolic OH excluding ortho intramolecular Hbond substituents is 1. The van der Waals surface area contributed by atoms with E-state index in [4.69, 9.17) is 5.73 Å². The van der Waals surface area contributed by atoms with Crippen LogP contribution < -0.4 is 10.6 Å². The first-order valence-electron chi connectivity index (χ1n) is 9.22. The Balaban J connectivity index is 2.11. The van der Waals surface area contributed by atoms with Crippen LogP contribution in [0.25, 0.3) is 22.0 Å². The van der Waals surface area contributed by atoms with Gasteiger partial charge in [0.1, 0.15) is 11.6 Å². The van der Waals surface area contributed by atoms with Gasteiger partial charge in [0.15, 0.2) is 0 Å². The molecule has 1 aliphatic heterocycles. The summed E-state index contributed by atoms with van der Waals surface area (Å²) in [5.74, 6) is 1.19. The Kier molecular flexibility index (Phi) is 4.18. The molecule has 3 aromatic rings. The molecule has 4 N–H and O–H groups in total. The molecule has 0 bridgehead atoms. The largest absolute Gasteiger partial charge is 0.508 e. The van der Waals surface area contributed by atoms with Crippen molar-refractivity contribution in [2.45, 2.75) is 38.8 Å². The molecule has 1 fully saturated rings. The smallest absolute Gasteiger partial charge is 0.243 e. The van der Waals surface area contributed by atoms with E-state index in [1.807, 2.05) is 41.0 Å². The number of nitrogens with two attached hydrogens (primary N) is 1. The highest BCUT2D eigenvalue weighted by Crippen LogP contribution is 2.44. The Bertz CT molecular complexity index is 997. The molecule has 0 aliphatic carbocycles. The van der Waals surface area contributed by atoms with Gasteiger partial charge in [-0.15, -0.1) is 0 Å². The normalized spacial score (nSPS) is 20.5. The van der Waals surface area contributed by atoms with Crippen molar-refractivity contribution in [3.8, 4) is 16.9 Å². The maximum absolute atomic E-state index is 9.73. The minimum absolute atomic E-state index is 0.0394. The second-order valence-electron chi connectivity index (χ2n) is 7.24. The molecule has 140 valence electrons.